The highest BCUT2D eigenvalue weighted by Gasteiger charge is 2.21. The molecule has 0 saturated heterocycles. The van der Waals surface area contributed by atoms with E-state index in [1.54, 1.807) is 22.7 Å². The highest BCUT2D eigenvalue weighted by Crippen LogP contribution is 2.27. The van der Waals surface area contributed by atoms with Gasteiger partial charge in [0.1, 0.15) is 5.01 Å². The summed E-state index contributed by atoms with van der Waals surface area (Å²) in [4.78, 5) is 5.83. The molecular weight excluding hydrogens is 276 g/mol. The van der Waals surface area contributed by atoms with Crippen molar-refractivity contribution < 1.29 is 5.11 Å². The molecule has 2 rings (SSSR count). The summed E-state index contributed by atoms with van der Waals surface area (Å²) in [5.74, 6) is 0. The van der Waals surface area contributed by atoms with Gasteiger partial charge in [0.15, 0.2) is 0 Å². The van der Waals surface area contributed by atoms with Gasteiger partial charge in [-0.15, -0.1) is 22.7 Å². The summed E-state index contributed by atoms with van der Waals surface area (Å²) in [6.45, 7) is 5.36. The van der Waals surface area contributed by atoms with Gasteiger partial charge >= 0.3 is 0 Å². The summed E-state index contributed by atoms with van der Waals surface area (Å²) >= 11 is 3.39. The lowest BCUT2D eigenvalue weighted by Crippen LogP contribution is -2.39. The molecule has 0 saturated carbocycles. The fourth-order valence-electron chi connectivity index (χ4n) is 1.82. The summed E-state index contributed by atoms with van der Waals surface area (Å²) in [5, 5.41) is 18.7. The standard InChI is InChI=1S/C14H20N2OS2/c1-3-14(17,4-2)10-15-8-11-9-19-13(16-11)12-6-5-7-18-12/h5-7,9,15,17H,3-4,8,10H2,1-2H3. The second-order valence-corrected chi connectivity index (χ2v) is 6.46. The van der Waals surface area contributed by atoms with Crippen molar-refractivity contribution in [2.24, 2.45) is 0 Å². The third-order valence-corrected chi connectivity index (χ3v) is 5.29. The Balaban J connectivity index is 1.87. The number of thiophene rings is 1. The van der Waals surface area contributed by atoms with E-state index in [2.05, 4.69) is 27.1 Å². The van der Waals surface area contributed by atoms with E-state index < -0.39 is 5.60 Å². The van der Waals surface area contributed by atoms with Crippen molar-refractivity contribution in [2.75, 3.05) is 6.54 Å². The molecule has 2 N–H and O–H groups in total. The number of hydrogen-bond donors (Lipinski definition) is 2. The molecule has 0 spiro atoms. The average Bonchev–Trinajstić information content (AvgIpc) is 3.09. The molecule has 0 aliphatic carbocycles. The predicted molar refractivity (Wildman–Crippen MR) is 82.7 cm³/mol. The molecule has 0 fully saturated rings. The van der Waals surface area contributed by atoms with Crippen LogP contribution in [0.25, 0.3) is 9.88 Å². The van der Waals surface area contributed by atoms with Crippen molar-refractivity contribution in [1.82, 2.24) is 10.3 Å². The molecule has 2 aromatic rings. The van der Waals surface area contributed by atoms with Crippen LogP contribution in [0, 0.1) is 0 Å². The van der Waals surface area contributed by atoms with E-state index in [1.807, 2.05) is 19.9 Å². The van der Waals surface area contributed by atoms with Gasteiger partial charge in [0.25, 0.3) is 0 Å². The summed E-state index contributed by atoms with van der Waals surface area (Å²) in [7, 11) is 0. The van der Waals surface area contributed by atoms with Crippen LogP contribution in [0.3, 0.4) is 0 Å². The summed E-state index contributed by atoms with van der Waals surface area (Å²) in [6.07, 6.45) is 1.54. The predicted octanol–water partition coefficient (Wildman–Crippen LogP) is 3.51. The van der Waals surface area contributed by atoms with Crippen LogP contribution in [0.4, 0.5) is 0 Å². The lowest BCUT2D eigenvalue weighted by molar-refractivity contribution is 0.0322. The Morgan fingerprint density at radius 2 is 2.11 bits per heavy atom. The maximum atomic E-state index is 10.2. The normalized spacial score (nSPS) is 11.9. The lowest BCUT2D eigenvalue weighted by atomic mass is 9.98. The summed E-state index contributed by atoms with van der Waals surface area (Å²) < 4.78 is 0. The first kappa shape index (κ1) is 14.7. The molecule has 0 amide bonds. The Morgan fingerprint density at radius 1 is 1.32 bits per heavy atom. The zero-order valence-corrected chi connectivity index (χ0v) is 13.0. The maximum absolute atomic E-state index is 10.2. The smallest absolute Gasteiger partial charge is 0.133 e. The number of aromatic nitrogens is 1. The molecule has 19 heavy (non-hydrogen) atoms. The van der Waals surface area contributed by atoms with Gasteiger partial charge in [-0.3, -0.25) is 0 Å². The van der Waals surface area contributed by atoms with Gasteiger partial charge in [0, 0.05) is 18.5 Å². The van der Waals surface area contributed by atoms with Crippen LogP contribution in [0.15, 0.2) is 22.9 Å². The second-order valence-electron chi connectivity index (χ2n) is 4.66. The first-order chi connectivity index (χ1) is 9.17. The van der Waals surface area contributed by atoms with E-state index in [-0.39, 0.29) is 0 Å². The molecule has 2 aromatic heterocycles. The molecule has 0 aliphatic heterocycles. The van der Waals surface area contributed by atoms with Gasteiger partial charge in [0.2, 0.25) is 0 Å². The fraction of sp³-hybridized carbons (Fsp3) is 0.500. The number of nitrogens with zero attached hydrogens (tertiary/aromatic N) is 1. The topological polar surface area (TPSA) is 45.1 Å². The molecule has 0 atom stereocenters. The molecule has 5 heteroatoms. The monoisotopic (exact) mass is 296 g/mol. The van der Waals surface area contributed by atoms with Gasteiger partial charge in [-0.2, -0.15) is 0 Å². The highest BCUT2D eigenvalue weighted by atomic mass is 32.1. The number of aliphatic hydroxyl groups is 1. The number of nitrogens with one attached hydrogen (secondary N) is 1. The Morgan fingerprint density at radius 3 is 2.74 bits per heavy atom. The quantitative estimate of drug-likeness (QED) is 0.822. The Labute approximate surface area is 122 Å². The van der Waals surface area contributed by atoms with Gasteiger partial charge in [-0.25, -0.2) is 4.98 Å². The van der Waals surface area contributed by atoms with E-state index in [4.69, 9.17) is 0 Å². The highest BCUT2D eigenvalue weighted by molar-refractivity contribution is 7.20. The first-order valence-corrected chi connectivity index (χ1v) is 8.34. The maximum Gasteiger partial charge on any atom is 0.133 e. The molecule has 0 aromatic carbocycles. The van der Waals surface area contributed by atoms with Crippen LogP contribution < -0.4 is 5.32 Å². The molecule has 0 radical (unpaired) electrons. The van der Waals surface area contributed by atoms with Crippen LogP contribution >= 0.6 is 22.7 Å². The van der Waals surface area contributed by atoms with Gasteiger partial charge < -0.3 is 10.4 Å². The van der Waals surface area contributed by atoms with Gasteiger partial charge in [-0.1, -0.05) is 19.9 Å². The van der Waals surface area contributed by atoms with Crippen LogP contribution in [0.5, 0.6) is 0 Å². The molecule has 0 aliphatic rings. The molecule has 3 nitrogen and oxygen atoms in total. The third-order valence-electron chi connectivity index (χ3n) is 3.36. The minimum Gasteiger partial charge on any atom is -0.389 e. The minimum absolute atomic E-state index is 0.591. The largest absolute Gasteiger partial charge is 0.389 e. The van der Waals surface area contributed by atoms with E-state index in [9.17, 15) is 5.11 Å². The fourth-order valence-corrected chi connectivity index (χ4v) is 3.46. The van der Waals surface area contributed by atoms with Crippen molar-refractivity contribution in [3.8, 4) is 9.88 Å². The summed E-state index contributed by atoms with van der Waals surface area (Å²) in [6, 6.07) is 4.13. The SMILES string of the molecule is CCC(O)(CC)CNCc1csc(-c2cccs2)n1. The zero-order valence-electron chi connectivity index (χ0n) is 11.3. The third kappa shape index (κ3) is 3.86. The van der Waals surface area contributed by atoms with E-state index >= 15 is 0 Å². The van der Waals surface area contributed by atoms with Crippen molar-refractivity contribution in [1.29, 1.82) is 0 Å². The van der Waals surface area contributed by atoms with Crippen LogP contribution in [0.2, 0.25) is 0 Å². The van der Waals surface area contributed by atoms with E-state index in [1.165, 1.54) is 4.88 Å². The molecule has 0 bridgehead atoms. The average molecular weight is 296 g/mol. The zero-order chi connectivity index (χ0) is 13.7. The van der Waals surface area contributed by atoms with Gasteiger partial charge in [0.05, 0.1) is 16.2 Å². The Hall–Kier alpha value is -0.750. The van der Waals surface area contributed by atoms with Crippen molar-refractivity contribution in [3.05, 3.63) is 28.6 Å². The van der Waals surface area contributed by atoms with E-state index in [0.29, 0.717) is 13.1 Å². The summed E-state index contributed by atoms with van der Waals surface area (Å²) in [5.41, 5.74) is 0.454. The first-order valence-electron chi connectivity index (χ1n) is 6.58. The Kier molecular flexibility index (Phi) is 5.10. The molecular formula is C14H20N2OS2. The van der Waals surface area contributed by atoms with Gasteiger partial charge in [-0.05, 0) is 24.3 Å². The second kappa shape index (κ2) is 6.61. The molecule has 2 heterocycles. The minimum atomic E-state index is -0.591. The molecule has 0 unspecified atom stereocenters. The number of rotatable bonds is 7. The molecule has 104 valence electrons. The number of thiazole rings is 1. The number of hydrogen-bond acceptors (Lipinski definition) is 5. The van der Waals surface area contributed by atoms with Crippen LogP contribution in [-0.2, 0) is 6.54 Å². The Bertz CT molecular complexity index is 489. The van der Waals surface area contributed by atoms with Crippen LogP contribution in [-0.4, -0.2) is 22.2 Å². The van der Waals surface area contributed by atoms with Crippen molar-refractivity contribution >= 4 is 22.7 Å². The van der Waals surface area contributed by atoms with Crippen molar-refractivity contribution in [3.63, 3.8) is 0 Å². The lowest BCUT2D eigenvalue weighted by Gasteiger charge is -2.25. The van der Waals surface area contributed by atoms with Crippen LogP contribution in [0.1, 0.15) is 32.4 Å². The van der Waals surface area contributed by atoms with E-state index in [0.717, 1.165) is 23.5 Å². The van der Waals surface area contributed by atoms with Crippen molar-refractivity contribution in [2.45, 2.75) is 38.8 Å².